The molecule has 0 amide bonds. The third-order valence-electron chi connectivity index (χ3n) is 4.46. The van der Waals surface area contributed by atoms with Gasteiger partial charge in [0.25, 0.3) is 0 Å². The third kappa shape index (κ3) is 2.42. The highest BCUT2D eigenvalue weighted by Gasteiger charge is 2.47. The fraction of sp³-hybridized carbons (Fsp3) is 0.571. The molecule has 0 bridgehead atoms. The van der Waals surface area contributed by atoms with Crippen LogP contribution in [0.3, 0.4) is 0 Å². The maximum atomic E-state index is 5.75. The van der Waals surface area contributed by atoms with Gasteiger partial charge in [-0.25, -0.2) is 0 Å². The summed E-state index contributed by atoms with van der Waals surface area (Å²) in [4.78, 5) is 0. The predicted octanol–water partition coefficient (Wildman–Crippen LogP) is 2.87. The van der Waals surface area contributed by atoms with E-state index in [-0.39, 0.29) is 0 Å². The highest BCUT2D eigenvalue weighted by molar-refractivity contribution is 9.10. The van der Waals surface area contributed by atoms with E-state index in [1.807, 2.05) is 0 Å². The Bertz CT molecular complexity index is 397. The van der Waals surface area contributed by atoms with Crippen molar-refractivity contribution in [1.29, 1.82) is 0 Å². The maximum Gasteiger partial charge on any atom is 0.0279 e. The van der Waals surface area contributed by atoms with Crippen LogP contribution in [0.4, 0.5) is 0 Å². The second kappa shape index (κ2) is 4.71. The average Bonchev–Trinajstić information content (AvgIpc) is 2.95. The van der Waals surface area contributed by atoms with Gasteiger partial charge in [-0.1, -0.05) is 34.1 Å². The van der Waals surface area contributed by atoms with Crippen LogP contribution in [0, 0.1) is 17.8 Å². The molecular weight excluding hydrogens is 276 g/mol. The van der Waals surface area contributed by atoms with Gasteiger partial charge < -0.3 is 0 Å². The molecule has 0 heterocycles. The monoisotopic (exact) mass is 294 g/mol. The Kier molecular flexibility index (Phi) is 3.24. The summed E-state index contributed by atoms with van der Waals surface area (Å²) in [6.45, 7) is 0. The summed E-state index contributed by atoms with van der Waals surface area (Å²) in [7, 11) is 0. The molecule has 3 rings (SSSR count). The third-order valence-corrected chi connectivity index (χ3v) is 5.23. The molecule has 1 aromatic rings. The van der Waals surface area contributed by atoms with E-state index in [9.17, 15) is 0 Å². The summed E-state index contributed by atoms with van der Waals surface area (Å²) in [6.07, 6.45) is 5.26. The Morgan fingerprint density at radius 1 is 1.24 bits per heavy atom. The molecule has 17 heavy (non-hydrogen) atoms. The first-order chi connectivity index (χ1) is 8.28. The van der Waals surface area contributed by atoms with E-state index in [2.05, 4.69) is 45.6 Å². The molecule has 1 aromatic carbocycles. The molecule has 0 spiro atoms. The molecule has 3 heteroatoms. The SMILES string of the molecule is NNC(Cc1ccccc1Br)C1CC2CC2C1. The van der Waals surface area contributed by atoms with Crippen LogP contribution in [-0.4, -0.2) is 6.04 Å². The number of hydrogen-bond acceptors (Lipinski definition) is 2. The predicted molar refractivity (Wildman–Crippen MR) is 73.3 cm³/mol. The average molecular weight is 295 g/mol. The fourth-order valence-electron chi connectivity index (χ4n) is 3.35. The number of hydrogen-bond donors (Lipinski definition) is 2. The lowest BCUT2D eigenvalue weighted by molar-refractivity contribution is 0.335. The minimum Gasteiger partial charge on any atom is -0.271 e. The van der Waals surface area contributed by atoms with Gasteiger partial charge in [-0.05, 0) is 55.1 Å². The summed E-state index contributed by atoms with van der Waals surface area (Å²) in [6, 6.07) is 8.88. The van der Waals surface area contributed by atoms with Crippen molar-refractivity contribution in [2.45, 2.75) is 31.7 Å². The lowest BCUT2D eigenvalue weighted by Gasteiger charge is -2.24. The zero-order valence-corrected chi connectivity index (χ0v) is 11.5. The molecule has 92 valence electrons. The van der Waals surface area contributed by atoms with Crippen LogP contribution in [0.1, 0.15) is 24.8 Å². The molecule has 2 fully saturated rings. The van der Waals surface area contributed by atoms with E-state index in [0.29, 0.717) is 6.04 Å². The normalized spacial score (nSPS) is 32.2. The summed E-state index contributed by atoms with van der Waals surface area (Å²) >= 11 is 3.61. The van der Waals surface area contributed by atoms with Crippen molar-refractivity contribution in [2.75, 3.05) is 0 Å². The van der Waals surface area contributed by atoms with Crippen LogP contribution in [0.5, 0.6) is 0 Å². The Morgan fingerprint density at radius 2 is 1.94 bits per heavy atom. The topological polar surface area (TPSA) is 38.0 Å². The van der Waals surface area contributed by atoms with Crippen molar-refractivity contribution in [2.24, 2.45) is 23.6 Å². The van der Waals surface area contributed by atoms with E-state index < -0.39 is 0 Å². The zero-order valence-electron chi connectivity index (χ0n) is 9.90. The Morgan fingerprint density at radius 3 is 2.59 bits per heavy atom. The van der Waals surface area contributed by atoms with Gasteiger partial charge in [-0.15, -0.1) is 0 Å². The fourth-order valence-corrected chi connectivity index (χ4v) is 3.80. The van der Waals surface area contributed by atoms with Gasteiger partial charge >= 0.3 is 0 Å². The van der Waals surface area contributed by atoms with Crippen LogP contribution < -0.4 is 11.3 Å². The molecule has 3 atom stereocenters. The highest BCUT2D eigenvalue weighted by Crippen LogP contribution is 2.55. The minimum absolute atomic E-state index is 0.432. The molecule has 0 aliphatic heterocycles. The first kappa shape index (κ1) is 11.7. The van der Waals surface area contributed by atoms with Crippen LogP contribution in [0.15, 0.2) is 28.7 Å². The van der Waals surface area contributed by atoms with Crippen molar-refractivity contribution in [3.8, 4) is 0 Å². The van der Waals surface area contributed by atoms with Crippen LogP contribution in [-0.2, 0) is 6.42 Å². The van der Waals surface area contributed by atoms with Gasteiger partial charge in [0.2, 0.25) is 0 Å². The molecule has 3 unspecified atom stereocenters. The highest BCUT2D eigenvalue weighted by atomic mass is 79.9. The van der Waals surface area contributed by atoms with Crippen molar-refractivity contribution in [1.82, 2.24) is 5.43 Å². The van der Waals surface area contributed by atoms with Crippen LogP contribution in [0.2, 0.25) is 0 Å². The lowest BCUT2D eigenvalue weighted by atomic mass is 9.90. The van der Waals surface area contributed by atoms with Crippen molar-refractivity contribution in [3.05, 3.63) is 34.3 Å². The minimum atomic E-state index is 0.432. The number of nitrogens with one attached hydrogen (secondary N) is 1. The largest absolute Gasteiger partial charge is 0.271 e. The van der Waals surface area contributed by atoms with E-state index in [1.54, 1.807) is 0 Å². The Balaban J connectivity index is 1.67. The lowest BCUT2D eigenvalue weighted by Crippen LogP contribution is -2.42. The van der Waals surface area contributed by atoms with E-state index in [1.165, 1.54) is 29.3 Å². The van der Waals surface area contributed by atoms with Crippen molar-refractivity contribution < 1.29 is 0 Å². The first-order valence-electron chi connectivity index (χ1n) is 6.47. The smallest absolute Gasteiger partial charge is 0.0279 e. The Labute approximate surface area is 111 Å². The van der Waals surface area contributed by atoms with Gasteiger partial charge in [-0.2, -0.15) is 0 Å². The molecule has 0 radical (unpaired) electrons. The molecular formula is C14H19BrN2. The van der Waals surface area contributed by atoms with Crippen LogP contribution in [0.25, 0.3) is 0 Å². The van der Waals surface area contributed by atoms with E-state index in [4.69, 9.17) is 5.84 Å². The zero-order chi connectivity index (χ0) is 11.8. The number of rotatable bonds is 4. The van der Waals surface area contributed by atoms with Gasteiger partial charge in [0.05, 0.1) is 0 Å². The molecule has 2 nitrogen and oxygen atoms in total. The first-order valence-corrected chi connectivity index (χ1v) is 7.26. The van der Waals surface area contributed by atoms with Crippen LogP contribution >= 0.6 is 15.9 Å². The summed E-state index contributed by atoms with van der Waals surface area (Å²) in [5.41, 5.74) is 4.40. The molecule has 0 saturated heterocycles. The Hall–Kier alpha value is -0.380. The van der Waals surface area contributed by atoms with Crippen molar-refractivity contribution >= 4 is 15.9 Å². The van der Waals surface area contributed by atoms with E-state index in [0.717, 1.165) is 24.2 Å². The quantitative estimate of drug-likeness (QED) is 0.662. The maximum absolute atomic E-state index is 5.75. The second-order valence-corrected chi connectivity index (χ2v) is 6.41. The number of benzene rings is 1. The molecule has 0 aromatic heterocycles. The number of nitrogens with two attached hydrogens (primary N) is 1. The van der Waals surface area contributed by atoms with Gasteiger partial charge in [0, 0.05) is 10.5 Å². The van der Waals surface area contributed by atoms with Gasteiger partial charge in [0.1, 0.15) is 0 Å². The number of hydrazine groups is 1. The summed E-state index contributed by atoms with van der Waals surface area (Å²) < 4.78 is 1.20. The standard InChI is InChI=1S/C14H19BrN2/c15-13-4-2-1-3-9(13)8-14(17-16)12-6-10-5-11(10)7-12/h1-4,10-12,14,17H,5-8,16H2. The second-order valence-electron chi connectivity index (χ2n) is 5.56. The molecule has 3 N–H and O–H groups in total. The number of fused-ring (bicyclic) bond motifs is 1. The summed E-state index contributed by atoms with van der Waals surface area (Å²) in [5, 5.41) is 0. The van der Waals surface area contributed by atoms with E-state index >= 15 is 0 Å². The number of halogens is 1. The van der Waals surface area contributed by atoms with Crippen molar-refractivity contribution in [3.63, 3.8) is 0 Å². The van der Waals surface area contributed by atoms with Gasteiger partial charge in [-0.3, -0.25) is 11.3 Å². The molecule has 2 aliphatic carbocycles. The summed E-state index contributed by atoms with van der Waals surface area (Å²) in [5.74, 6) is 8.57. The van der Waals surface area contributed by atoms with Gasteiger partial charge in [0.15, 0.2) is 0 Å². The molecule has 2 aliphatic rings. The molecule has 2 saturated carbocycles.